The van der Waals surface area contributed by atoms with Crippen LogP contribution in [0, 0.1) is 0 Å². The van der Waals surface area contributed by atoms with E-state index in [0.29, 0.717) is 10.9 Å². The molecule has 0 radical (unpaired) electrons. The fraction of sp³-hybridized carbons (Fsp3) is 0. The lowest BCUT2D eigenvalue weighted by Crippen LogP contribution is -2.12. The molecule has 0 aliphatic heterocycles. The summed E-state index contributed by atoms with van der Waals surface area (Å²) >= 11 is 5.13. The lowest BCUT2D eigenvalue weighted by Gasteiger charge is -2.02. The number of imidazole rings is 1. The molecule has 70 valence electrons. The Balaban J connectivity index is 2.11. The zero-order valence-corrected chi connectivity index (χ0v) is 8.08. The molecule has 0 fully saturated rings. The maximum atomic E-state index is 5.13. The Kier molecular flexibility index (Phi) is 2.51. The fourth-order valence-corrected chi connectivity index (χ4v) is 1.22. The van der Waals surface area contributed by atoms with E-state index in [4.69, 9.17) is 12.2 Å². The van der Waals surface area contributed by atoms with Crippen LogP contribution in [-0.4, -0.2) is 19.9 Å². The van der Waals surface area contributed by atoms with Crippen molar-refractivity contribution >= 4 is 23.2 Å². The van der Waals surface area contributed by atoms with Crippen molar-refractivity contribution in [2.75, 3.05) is 5.32 Å². The van der Waals surface area contributed by atoms with E-state index in [1.807, 2.05) is 18.2 Å². The highest BCUT2D eigenvalue weighted by Crippen LogP contribution is 2.01. The number of thiocarbonyl (C=S) groups is 1. The molecule has 0 spiro atoms. The van der Waals surface area contributed by atoms with Crippen LogP contribution in [0.1, 0.15) is 5.69 Å². The molecule has 5 heteroatoms. The van der Waals surface area contributed by atoms with Gasteiger partial charge in [-0.25, -0.2) is 4.98 Å². The van der Waals surface area contributed by atoms with Gasteiger partial charge in [0.05, 0.1) is 5.69 Å². The summed E-state index contributed by atoms with van der Waals surface area (Å²) in [6.45, 7) is 0. The predicted octanol–water partition coefficient (Wildman–Crippen LogP) is 1.59. The Labute approximate surface area is 86.4 Å². The van der Waals surface area contributed by atoms with Gasteiger partial charge in [0.25, 0.3) is 0 Å². The van der Waals surface area contributed by atoms with Crippen molar-refractivity contribution in [3.05, 3.63) is 42.5 Å². The van der Waals surface area contributed by atoms with Gasteiger partial charge in [0, 0.05) is 18.6 Å². The summed E-state index contributed by atoms with van der Waals surface area (Å²) in [4.78, 5) is 11.6. The van der Waals surface area contributed by atoms with E-state index in [1.54, 1.807) is 18.6 Å². The van der Waals surface area contributed by atoms with Crippen LogP contribution >= 0.6 is 12.2 Å². The van der Waals surface area contributed by atoms with Crippen molar-refractivity contribution in [2.24, 2.45) is 0 Å². The Hall–Kier alpha value is -1.75. The molecule has 0 saturated heterocycles. The number of anilines is 1. The zero-order valence-electron chi connectivity index (χ0n) is 7.27. The van der Waals surface area contributed by atoms with E-state index in [0.717, 1.165) is 5.69 Å². The SMILES string of the molecule is S=C(Nc1ncc[nH]1)c1ccccn1. The standard InChI is InChI=1S/C9H8N4S/c14-8(7-3-1-2-4-10-7)13-9-11-5-6-12-9/h1-6H,(H2,11,12,13,14). The van der Waals surface area contributed by atoms with Gasteiger partial charge < -0.3 is 10.3 Å². The van der Waals surface area contributed by atoms with E-state index >= 15 is 0 Å². The number of H-pyrrole nitrogens is 1. The summed E-state index contributed by atoms with van der Waals surface area (Å²) in [5.41, 5.74) is 0.735. The summed E-state index contributed by atoms with van der Waals surface area (Å²) < 4.78 is 0. The van der Waals surface area contributed by atoms with Gasteiger partial charge >= 0.3 is 0 Å². The second kappa shape index (κ2) is 3.97. The Bertz CT molecular complexity index is 410. The predicted molar refractivity (Wildman–Crippen MR) is 58.1 cm³/mol. The summed E-state index contributed by atoms with van der Waals surface area (Å²) in [6.07, 6.45) is 5.08. The van der Waals surface area contributed by atoms with E-state index in [2.05, 4.69) is 20.3 Å². The first-order valence-electron chi connectivity index (χ1n) is 4.08. The minimum atomic E-state index is 0.556. The number of pyridine rings is 1. The fourth-order valence-electron chi connectivity index (χ4n) is 1.00. The van der Waals surface area contributed by atoms with E-state index in [9.17, 15) is 0 Å². The quantitative estimate of drug-likeness (QED) is 0.729. The van der Waals surface area contributed by atoms with Crippen LogP contribution in [0.4, 0.5) is 5.95 Å². The van der Waals surface area contributed by atoms with Gasteiger partial charge in [0.2, 0.25) is 5.95 Å². The number of rotatable bonds is 2. The van der Waals surface area contributed by atoms with Crippen molar-refractivity contribution in [1.82, 2.24) is 15.0 Å². The molecule has 0 aromatic carbocycles. The van der Waals surface area contributed by atoms with Gasteiger partial charge in [0.1, 0.15) is 4.99 Å². The Morgan fingerprint density at radius 2 is 2.21 bits per heavy atom. The smallest absolute Gasteiger partial charge is 0.205 e. The highest BCUT2D eigenvalue weighted by Gasteiger charge is 2.02. The first-order valence-corrected chi connectivity index (χ1v) is 4.49. The van der Waals surface area contributed by atoms with Gasteiger partial charge in [-0.3, -0.25) is 4.98 Å². The van der Waals surface area contributed by atoms with E-state index in [-0.39, 0.29) is 0 Å². The number of nitrogens with zero attached hydrogens (tertiary/aromatic N) is 2. The molecule has 2 rings (SSSR count). The molecule has 0 saturated carbocycles. The number of hydrogen-bond acceptors (Lipinski definition) is 3. The summed E-state index contributed by atoms with van der Waals surface area (Å²) in [6, 6.07) is 5.58. The van der Waals surface area contributed by atoms with Crippen LogP contribution in [-0.2, 0) is 0 Å². The summed E-state index contributed by atoms with van der Waals surface area (Å²) in [7, 11) is 0. The number of aromatic amines is 1. The van der Waals surface area contributed by atoms with Crippen LogP contribution in [0.2, 0.25) is 0 Å². The Morgan fingerprint density at radius 3 is 2.86 bits per heavy atom. The third kappa shape index (κ3) is 1.94. The summed E-state index contributed by atoms with van der Waals surface area (Å²) in [5, 5.41) is 2.94. The normalized spacial score (nSPS) is 9.71. The molecular weight excluding hydrogens is 196 g/mol. The molecule has 0 aliphatic rings. The molecule has 0 aliphatic carbocycles. The monoisotopic (exact) mass is 204 g/mol. The average molecular weight is 204 g/mol. The third-order valence-electron chi connectivity index (χ3n) is 1.63. The van der Waals surface area contributed by atoms with Gasteiger partial charge in [-0.15, -0.1) is 0 Å². The average Bonchev–Trinajstić information content (AvgIpc) is 2.72. The number of hydrogen-bond donors (Lipinski definition) is 2. The lowest BCUT2D eigenvalue weighted by molar-refractivity contribution is 1.27. The van der Waals surface area contributed by atoms with E-state index in [1.165, 1.54) is 0 Å². The minimum Gasteiger partial charge on any atom is -0.331 e. The van der Waals surface area contributed by atoms with Gasteiger partial charge in [0.15, 0.2) is 0 Å². The second-order valence-corrected chi connectivity index (χ2v) is 3.02. The van der Waals surface area contributed by atoms with Gasteiger partial charge in [-0.1, -0.05) is 18.3 Å². The maximum absolute atomic E-state index is 5.13. The maximum Gasteiger partial charge on any atom is 0.205 e. The van der Waals surface area contributed by atoms with Crippen molar-refractivity contribution in [2.45, 2.75) is 0 Å². The molecular formula is C9H8N4S. The third-order valence-corrected chi connectivity index (χ3v) is 1.94. The van der Waals surface area contributed by atoms with Crippen LogP contribution in [0.25, 0.3) is 0 Å². The minimum absolute atomic E-state index is 0.556. The van der Waals surface area contributed by atoms with Crippen LogP contribution < -0.4 is 5.32 Å². The molecule has 2 heterocycles. The number of nitrogens with one attached hydrogen (secondary N) is 2. The molecule has 0 unspecified atom stereocenters. The largest absolute Gasteiger partial charge is 0.331 e. The Morgan fingerprint density at radius 1 is 1.29 bits per heavy atom. The lowest BCUT2D eigenvalue weighted by atomic mass is 10.3. The van der Waals surface area contributed by atoms with E-state index < -0.39 is 0 Å². The molecule has 2 aromatic rings. The van der Waals surface area contributed by atoms with Crippen LogP contribution in [0.5, 0.6) is 0 Å². The molecule has 0 bridgehead atoms. The number of aromatic nitrogens is 3. The molecule has 2 N–H and O–H groups in total. The molecule has 0 amide bonds. The van der Waals surface area contributed by atoms with Crippen molar-refractivity contribution in [1.29, 1.82) is 0 Å². The zero-order chi connectivity index (χ0) is 9.80. The highest BCUT2D eigenvalue weighted by molar-refractivity contribution is 7.81. The summed E-state index contributed by atoms with van der Waals surface area (Å²) in [5.74, 6) is 0.626. The van der Waals surface area contributed by atoms with Crippen LogP contribution in [0.3, 0.4) is 0 Å². The van der Waals surface area contributed by atoms with Crippen LogP contribution in [0.15, 0.2) is 36.8 Å². The molecule has 2 aromatic heterocycles. The van der Waals surface area contributed by atoms with Crippen molar-refractivity contribution in [3.63, 3.8) is 0 Å². The van der Waals surface area contributed by atoms with Crippen molar-refractivity contribution < 1.29 is 0 Å². The second-order valence-electron chi connectivity index (χ2n) is 2.61. The first kappa shape index (κ1) is 8.83. The van der Waals surface area contributed by atoms with Gasteiger partial charge in [-0.05, 0) is 12.1 Å². The topological polar surface area (TPSA) is 53.6 Å². The first-order chi connectivity index (χ1) is 6.86. The highest BCUT2D eigenvalue weighted by atomic mass is 32.1. The molecule has 0 atom stereocenters. The molecule has 4 nitrogen and oxygen atoms in total. The molecule has 14 heavy (non-hydrogen) atoms. The van der Waals surface area contributed by atoms with Crippen molar-refractivity contribution in [3.8, 4) is 0 Å². The van der Waals surface area contributed by atoms with Gasteiger partial charge in [-0.2, -0.15) is 0 Å².